The summed E-state index contributed by atoms with van der Waals surface area (Å²) in [6.07, 6.45) is 3.35. The maximum Gasteiger partial charge on any atom is 0.338 e. The highest BCUT2D eigenvalue weighted by Gasteiger charge is 2.15. The van der Waals surface area contributed by atoms with Crippen LogP contribution in [0.4, 0.5) is 5.69 Å². The lowest BCUT2D eigenvalue weighted by molar-refractivity contribution is 0.0388. The first kappa shape index (κ1) is 20.7. The fourth-order valence-electron chi connectivity index (χ4n) is 2.72. The van der Waals surface area contributed by atoms with E-state index in [0.717, 1.165) is 27.3 Å². The number of pyridine rings is 1. The average molecular weight is 410 g/mol. The van der Waals surface area contributed by atoms with Gasteiger partial charge in [-0.2, -0.15) is 0 Å². The molecule has 0 bridgehead atoms. The average Bonchev–Trinajstić information content (AvgIpc) is 3.20. The van der Waals surface area contributed by atoms with Gasteiger partial charge >= 0.3 is 5.97 Å². The van der Waals surface area contributed by atoms with Crippen molar-refractivity contribution in [3.05, 3.63) is 70.4 Å². The predicted octanol–water partition coefficient (Wildman–Crippen LogP) is 4.48. The second kappa shape index (κ2) is 9.45. The Morgan fingerprint density at radius 2 is 1.90 bits per heavy atom. The Morgan fingerprint density at radius 1 is 1.07 bits per heavy atom. The van der Waals surface area contributed by atoms with E-state index in [9.17, 15) is 9.59 Å². The minimum atomic E-state index is -0.397. The first-order valence-electron chi connectivity index (χ1n) is 9.08. The van der Waals surface area contributed by atoms with Crippen molar-refractivity contribution in [1.29, 1.82) is 0 Å². The van der Waals surface area contributed by atoms with Crippen molar-refractivity contribution >= 4 is 28.9 Å². The third-order valence-electron chi connectivity index (χ3n) is 4.36. The molecule has 150 valence electrons. The molecule has 1 aromatic carbocycles. The van der Waals surface area contributed by atoms with Crippen LogP contribution in [-0.2, 0) is 9.47 Å². The van der Waals surface area contributed by atoms with Crippen molar-refractivity contribution in [2.45, 2.75) is 13.8 Å². The Kier molecular flexibility index (Phi) is 6.74. The van der Waals surface area contributed by atoms with Gasteiger partial charge < -0.3 is 14.8 Å². The maximum absolute atomic E-state index is 12.6. The van der Waals surface area contributed by atoms with E-state index < -0.39 is 5.97 Å². The summed E-state index contributed by atoms with van der Waals surface area (Å²) in [4.78, 5) is 30.4. The van der Waals surface area contributed by atoms with Crippen LogP contribution in [0.1, 0.15) is 31.2 Å². The Morgan fingerprint density at radius 3 is 2.66 bits per heavy atom. The van der Waals surface area contributed by atoms with Crippen LogP contribution in [0, 0.1) is 13.8 Å². The summed E-state index contributed by atoms with van der Waals surface area (Å²) in [7, 11) is 1.55. The van der Waals surface area contributed by atoms with E-state index in [1.54, 1.807) is 43.8 Å². The zero-order valence-corrected chi connectivity index (χ0v) is 17.3. The van der Waals surface area contributed by atoms with Gasteiger partial charge in [-0.15, -0.1) is 11.3 Å². The number of ether oxygens (including phenoxy) is 2. The van der Waals surface area contributed by atoms with Gasteiger partial charge in [0.2, 0.25) is 0 Å². The van der Waals surface area contributed by atoms with Crippen LogP contribution in [0.15, 0.2) is 48.8 Å². The van der Waals surface area contributed by atoms with E-state index in [-0.39, 0.29) is 12.5 Å². The monoisotopic (exact) mass is 410 g/mol. The van der Waals surface area contributed by atoms with Gasteiger partial charge in [0.15, 0.2) is 0 Å². The van der Waals surface area contributed by atoms with Crippen molar-refractivity contribution in [2.75, 3.05) is 25.6 Å². The smallest absolute Gasteiger partial charge is 0.338 e. The van der Waals surface area contributed by atoms with Crippen molar-refractivity contribution < 1.29 is 19.1 Å². The molecule has 0 radical (unpaired) electrons. The molecule has 0 saturated heterocycles. The Hall–Kier alpha value is -3.03. The summed E-state index contributed by atoms with van der Waals surface area (Å²) in [6.45, 7) is 4.42. The largest absolute Gasteiger partial charge is 0.460 e. The molecule has 0 aliphatic heterocycles. The van der Waals surface area contributed by atoms with Gasteiger partial charge in [0.25, 0.3) is 5.91 Å². The summed E-state index contributed by atoms with van der Waals surface area (Å²) in [5.41, 5.74) is 4.01. The molecule has 0 aliphatic rings. The number of methoxy groups -OCH3 is 1. The number of carbonyl (C=O) groups excluding carboxylic acids is 2. The lowest BCUT2D eigenvalue weighted by atomic mass is 10.0. The van der Waals surface area contributed by atoms with Gasteiger partial charge in [-0.1, -0.05) is 6.07 Å². The normalized spacial score (nSPS) is 10.6. The van der Waals surface area contributed by atoms with Crippen LogP contribution >= 0.6 is 11.3 Å². The van der Waals surface area contributed by atoms with Gasteiger partial charge in [-0.3, -0.25) is 9.78 Å². The highest BCUT2D eigenvalue weighted by Crippen LogP contribution is 2.32. The molecule has 1 N–H and O–H groups in total. The van der Waals surface area contributed by atoms with Gasteiger partial charge in [-0.25, -0.2) is 4.79 Å². The van der Waals surface area contributed by atoms with E-state index in [1.165, 1.54) is 11.3 Å². The van der Waals surface area contributed by atoms with E-state index >= 15 is 0 Å². The molecule has 7 heteroatoms. The van der Waals surface area contributed by atoms with Gasteiger partial charge in [0, 0.05) is 30.1 Å². The van der Waals surface area contributed by atoms with Crippen LogP contribution in [0.25, 0.3) is 10.4 Å². The van der Waals surface area contributed by atoms with Crippen molar-refractivity contribution in [2.24, 2.45) is 0 Å². The zero-order chi connectivity index (χ0) is 20.8. The number of esters is 1. The molecule has 2 aromatic heterocycles. The summed E-state index contributed by atoms with van der Waals surface area (Å²) < 4.78 is 10.1. The van der Waals surface area contributed by atoms with Crippen molar-refractivity contribution in [3.8, 4) is 10.4 Å². The highest BCUT2D eigenvalue weighted by atomic mass is 32.1. The first-order chi connectivity index (χ1) is 14.0. The maximum atomic E-state index is 12.6. The van der Waals surface area contributed by atoms with Gasteiger partial charge in [-0.05, 0) is 60.9 Å². The lowest BCUT2D eigenvalue weighted by Crippen LogP contribution is -2.11. The summed E-state index contributed by atoms with van der Waals surface area (Å²) in [6, 6.07) is 10.9. The number of nitrogens with zero attached hydrogens (tertiary/aromatic N) is 1. The third-order valence-corrected chi connectivity index (χ3v) is 5.47. The molecule has 0 spiro atoms. The van der Waals surface area contributed by atoms with E-state index in [0.29, 0.717) is 17.0 Å². The number of nitrogens with one attached hydrogen (secondary N) is 1. The lowest BCUT2D eigenvalue weighted by Gasteiger charge is -2.08. The van der Waals surface area contributed by atoms with Gasteiger partial charge in [0.1, 0.15) is 6.61 Å². The number of benzene rings is 1. The fraction of sp³-hybridized carbons (Fsp3) is 0.227. The minimum absolute atomic E-state index is 0.177. The van der Waals surface area contributed by atoms with Crippen LogP contribution in [0.3, 0.4) is 0 Å². The quantitative estimate of drug-likeness (QED) is 0.459. The molecule has 2 heterocycles. The summed E-state index contributed by atoms with van der Waals surface area (Å²) in [5, 5.41) is 2.91. The standard InChI is InChI=1S/C22H22N2O4S/c1-14-4-5-16(22(26)28-11-10-27-3)12-17(14)19-6-7-20(29-19)21(25)24-18-8-9-23-13-15(18)2/h4-9,12-13H,10-11H2,1-3H3,(H,23,24,25). The fourth-order valence-corrected chi connectivity index (χ4v) is 3.70. The van der Waals surface area contributed by atoms with Crippen molar-refractivity contribution in [1.82, 2.24) is 4.98 Å². The molecule has 0 saturated carbocycles. The number of hydrogen-bond donors (Lipinski definition) is 1. The Bertz CT molecular complexity index is 1030. The molecule has 0 aliphatic carbocycles. The molecule has 0 unspecified atom stereocenters. The SMILES string of the molecule is COCCOC(=O)c1ccc(C)c(-c2ccc(C(=O)Nc3ccncc3C)s2)c1. The van der Waals surface area contributed by atoms with Crippen molar-refractivity contribution in [3.63, 3.8) is 0 Å². The number of anilines is 1. The Labute approximate surface area is 173 Å². The number of carbonyl (C=O) groups is 2. The number of aromatic nitrogens is 1. The Balaban J connectivity index is 1.79. The first-order valence-corrected chi connectivity index (χ1v) is 9.90. The molecule has 3 rings (SSSR count). The van der Waals surface area contributed by atoms with Crippen LogP contribution in [-0.4, -0.2) is 37.2 Å². The van der Waals surface area contributed by atoms with Crippen LogP contribution in [0.5, 0.6) is 0 Å². The highest BCUT2D eigenvalue weighted by molar-refractivity contribution is 7.17. The number of thiophene rings is 1. The molecular weight excluding hydrogens is 388 g/mol. The topological polar surface area (TPSA) is 77.5 Å². The van der Waals surface area contributed by atoms with E-state index in [1.807, 2.05) is 26.0 Å². The van der Waals surface area contributed by atoms with E-state index in [2.05, 4.69) is 10.3 Å². The van der Waals surface area contributed by atoms with Crippen LogP contribution < -0.4 is 5.32 Å². The number of hydrogen-bond acceptors (Lipinski definition) is 6. The molecule has 1 amide bonds. The third kappa shape index (κ3) is 5.07. The number of rotatable bonds is 7. The van der Waals surface area contributed by atoms with E-state index in [4.69, 9.17) is 9.47 Å². The molecule has 0 atom stereocenters. The summed E-state index contributed by atoms with van der Waals surface area (Å²) in [5.74, 6) is -0.575. The van der Waals surface area contributed by atoms with Gasteiger partial charge in [0.05, 0.1) is 17.0 Å². The molecule has 0 fully saturated rings. The zero-order valence-electron chi connectivity index (χ0n) is 16.5. The van der Waals surface area contributed by atoms with Crippen LogP contribution in [0.2, 0.25) is 0 Å². The molecule has 3 aromatic rings. The predicted molar refractivity (Wildman–Crippen MR) is 114 cm³/mol. The molecular formula is C22H22N2O4S. The minimum Gasteiger partial charge on any atom is -0.460 e. The molecule has 6 nitrogen and oxygen atoms in total. The molecule has 29 heavy (non-hydrogen) atoms. The summed E-state index contributed by atoms with van der Waals surface area (Å²) >= 11 is 1.38. The number of amides is 1. The second-order valence-electron chi connectivity index (χ2n) is 6.47. The number of aryl methyl sites for hydroxylation is 2. The second-order valence-corrected chi connectivity index (χ2v) is 7.55.